The predicted molar refractivity (Wildman–Crippen MR) is 91.9 cm³/mol. The van der Waals surface area contributed by atoms with Crippen LogP contribution in [0.25, 0.3) is 0 Å². The molecule has 2 aromatic rings. The average molecular weight is 315 g/mol. The molecule has 0 amide bonds. The Labute approximate surface area is 136 Å². The fraction of sp³-hybridized carbons (Fsp3) is 0.278. The molecule has 0 aliphatic heterocycles. The van der Waals surface area contributed by atoms with Crippen molar-refractivity contribution >= 4 is 11.6 Å². The molecular weight excluding hydrogens is 293 g/mol. The predicted octanol–water partition coefficient (Wildman–Crippen LogP) is 3.46. The van der Waals surface area contributed by atoms with Gasteiger partial charge in [0, 0.05) is 18.4 Å². The fourth-order valence-electron chi connectivity index (χ4n) is 2.23. The van der Waals surface area contributed by atoms with Gasteiger partial charge in [-0.3, -0.25) is 0 Å². The number of methoxy groups -OCH3 is 1. The second kappa shape index (κ2) is 8.29. The molecular formula is C18H22FN3O. The number of guanidine groups is 1. The van der Waals surface area contributed by atoms with Crippen LogP contribution in [0.5, 0.6) is 0 Å². The van der Waals surface area contributed by atoms with E-state index in [1.54, 1.807) is 12.1 Å². The molecule has 0 bridgehead atoms. The van der Waals surface area contributed by atoms with E-state index in [9.17, 15) is 4.39 Å². The first kappa shape index (κ1) is 17.0. The van der Waals surface area contributed by atoms with E-state index in [0.29, 0.717) is 18.1 Å². The second-order valence-electron chi connectivity index (χ2n) is 5.24. The van der Waals surface area contributed by atoms with Crippen LogP contribution >= 0.6 is 0 Å². The number of rotatable bonds is 6. The van der Waals surface area contributed by atoms with E-state index >= 15 is 0 Å². The Bertz CT molecular complexity index is 686. The van der Waals surface area contributed by atoms with Crippen molar-refractivity contribution in [1.82, 2.24) is 0 Å². The number of benzene rings is 2. The molecule has 0 atom stereocenters. The molecule has 2 aromatic carbocycles. The van der Waals surface area contributed by atoms with Crippen LogP contribution < -0.4 is 11.1 Å². The van der Waals surface area contributed by atoms with Crippen molar-refractivity contribution in [3.8, 4) is 0 Å². The van der Waals surface area contributed by atoms with Crippen LogP contribution in [0.1, 0.15) is 23.6 Å². The Kier molecular flexibility index (Phi) is 6.11. The highest BCUT2D eigenvalue weighted by Crippen LogP contribution is 2.13. The van der Waals surface area contributed by atoms with Gasteiger partial charge in [0.25, 0.3) is 0 Å². The maximum Gasteiger partial charge on any atom is 0.193 e. The normalized spacial score (nSPS) is 11.5. The van der Waals surface area contributed by atoms with Crippen molar-refractivity contribution in [2.24, 2.45) is 10.7 Å². The summed E-state index contributed by atoms with van der Waals surface area (Å²) in [4.78, 5) is 4.30. The lowest BCUT2D eigenvalue weighted by Gasteiger charge is -2.08. The molecule has 0 spiro atoms. The molecule has 0 radical (unpaired) electrons. The summed E-state index contributed by atoms with van der Waals surface area (Å²) >= 11 is 0. The molecule has 23 heavy (non-hydrogen) atoms. The fourth-order valence-corrected chi connectivity index (χ4v) is 2.23. The molecule has 4 nitrogen and oxygen atoms in total. The molecule has 122 valence electrons. The SMILES string of the molecule is CCc1cccc(NC(N)=NCc2ccc(F)c(COC)c2)c1. The van der Waals surface area contributed by atoms with Crippen molar-refractivity contribution in [3.63, 3.8) is 0 Å². The molecule has 0 aromatic heterocycles. The van der Waals surface area contributed by atoms with Crippen molar-refractivity contribution in [3.05, 3.63) is 65.0 Å². The first-order valence-corrected chi connectivity index (χ1v) is 7.54. The number of nitrogens with zero attached hydrogens (tertiary/aromatic N) is 1. The number of aryl methyl sites for hydroxylation is 1. The number of ether oxygens (including phenoxy) is 1. The highest BCUT2D eigenvalue weighted by molar-refractivity contribution is 5.92. The van der Waals surface area contributed by atoms with Gasteiger partial charge in [-0.15, -0.1) is 0 Å². The molecule has 0 saturated carbocycles. The van der Waals surface area contributed by atoms with Gasteiger partial charge in [0.1, 0.15) is 5.82 Å². The Morgan fingerprint density at radius 1 is 1.22 bits per heavy atom. The Morgan fingerprint density at radius 2 is 2.04 bits per heavy atom. The molecule has 0 fully saturated rings. The molecule has 0 aliphatic carbocycles. The van der Waals surface area contributed by atoms with Crippen LogP contribution in [-0.2, 0) is 24.3 Å². The van der Waals surface area contributed by atoms with Crippen LogP contribution in [0.4, 0.5) is 10.1 Å². The lowest BCUT2D eigenvalue weighted by atomic mass is 10.1. The third-order valence-electron chi connectivity index (χ3n) is 3.45. The van der Waals surface area contributed by atoms with Crippen LogP contribution in [0.3, 0.4) is 0 Å². The minimum atomic E-state index is -0.276. The smallest absolute Gasteiger partial charge is 0.193 e. The van der Waals surface area contributed by atoms with Gasteiger partial charge < -0.3 is 15.8 Å². The van der Waals surface area contributed by atoms with E-state index in [0.717, 1.165) is 17.7 Å². The number of hydrogen-bond donors (Lipinski definition) is 2. The number of anilines is 1. The van der Waals surface area contributed by atoms with E-state index in [1.165, 1.54) is 18.7 Å². The average Bonchev–Trinajstić information content (AvgIpc) is 2.56. The molecule has 0 saturated heterocycles. The monoisotopic (exact) mass is 315 g/mol. The van der Waals surface area contributed by atoms with Gasteiger partial charge in [0.15, 0.2) is 5.96 Å². The van der Waals surface area contributed by atoms with Gasteiger partial charge in [0.05, 0.1) is 13.2 Å². The Balaban J connectivity index is 2.02. The van der Waals surface area contributed by atoms with Crippen molar-refractivity contribution in [1.29, 1.82) is 0 Å². The Hall–Kier alpha value is -2.40. The van der Waals surface area contributed by atoms with E-state index in [4.69, 9.17) is 10.5 Å². The van der Waals surface area contributed by atoms with Gasteiger partial charge in [-0.25, -0.2) is 9.38 Å². The van der Waals surface area contributed by atoms with Gasteiger partial charge >= 0.3 is 0 Å². The summed E-state index contributed by atoms with van der Waals surface area (Å²) < 4.78 is 18.5. The molecule has 3 N–H and O–H groups in total. The van der Waals surface area contributed by atoms with Gasteiger partial charge in [-0.1, -0.05) is 25.1 Å². The second-order valence-corrected chi connectivity index (χ2v) is 5.24. The maximum absolute atomic E-state index is 13.6. The summed E-state index contributed by atoms with van der Waals surface area (Å²) in [6.45, 7) is 2.72. The quantitative estimate of drug-likeness (QED) is 0.634. The zero-order valence-corrected chi connectivity index (χ0v) is 13.5. The number of aliphatic imine (C=N–C) groups is 1. The highest BCUT2D eigenvalue weighted by Gasteiger charge is 2.03. The molecule has 0 heterocycles. The topological polar surface area (TPSA) is 59.6 Å². The first-order valence-electron chi connectivity index (χ1n) is 7.54. The molecule has 2 rings (SSSR count). The maximum atomic E-state index is 13.6. The van der Waals surface area contributed by atoms with Crippen LogP contribution in [-0.4, -0.2) is 13.1 Å². The van der Waals surface area contributed by atoms with Crippen molar-refractivity contribution in [2.45, 2.75) is 26.5 Å². The van der Waals surface area contributed by atoms with E-state index in [-0.39, 0.29) is 12.4 Å². The van der Waals surface area contributed by atoms with Crippen molar-refractivity contribution < 1.29 is 9.13 Å². The third-order valence-corrected chi connectivity index (χ3v) is 3.45. The summed E-state index contributed by atoms with van der Waals surface area (Å²) in [5.74, 6) is 0.0536. The molecule has 5 heteroatoms. The summed E-state index contributed by atoms with van der Waals surface area (Å²) in [6, 6.07) is 12.9. The van der Waals surface area contributed by atoms with Gasteiger partial charge in [-0.05, 0) is 41.8 Å². The van der Waals surface area contributed by atoms with Gasteiger partial charge in [0.2, 0.25) is 0 Å². The molecule has 0 aliphatic rings. The minimum absolute atomic E-state index is 0.237. The standard InChI is InChI=1S/C18H22FN3O/c1-3-13-5-4-6-16(10-13)22-18(20)21-11-14-7-8-17(19)15(9-14)12-23-2/h4-10H,3,11-12H2,1-2H3,(H3,20,21,22). The lowest BCUT2D eigenvalue weighted by Crippen LogP contribution is -2.22. The minimum Gasteiger partial charge on any atom is -0.380 e. The number of nitrogens with one attached hydrogen (secondary N) is 1. The number of halogens is 1. The zero-order chi connectivity index (χ0) is 16.7. The third kappa shape index (κ3) is 5.07. The van der Waals surface area contributed by atoms with Crippen LogP contribution in [0.2, 0.25) is 0 Å². The lowest BCUT2D eigenvalue weighted by molar-refractivity contribution is 0.181. The van der Waals surface area contributed by atoms with Crippen LogP contribution in [0, 0.1) is 5.82 Å². The summed E-state index contributed by atoms with van der Waals surface area (Å²) in [7, 11) is 1.54. The summed E-state index contributed by atoms with van der Waals surface area (Å²) in [6.07, 6.45) is 0.963. The zero-order valence-electron chi connectivity index (χ0n) is 13.5. The summed E-state index contributed by atoms with van der Waals surface area (Å²) in [5, 5.41) is 3.07. The van der Waals surface area contributed by atoms with Crippen molar-refractivity contribution in [2.75, 3.05) is 12.4 Å². The molecule has 0 unspecified atom stereocenters. The first-order chi connectivity index (χ1) is 11.1. The highest BCUT2D eigenvalue weighted by atomic mass is 19.1. The summed E-state index contributed by atoms with van der Waals surface area (Å²) in [5.41, 5.74) is 9.44. The van der Waals surface area contributed by atoms with Crippen LogP contribution in [0.15, 0.2) is 47.5 Å². The van der Waals surface area contributed by atoms with E-state index in [2.05, 4.69) is 23.3 Å². The number of nitrogens with two attached hydrogens (primary N) is 1. The Morgan fingerprint density at radius 3 is 2.78 bits per heavy atom. The van der Waals surface area contributed by atoms with E-state index < -0.39 is 0 Å². The number of hydrogen-bond acceptors (Lipinski definition) is 2. The van der Waals surface area contributed by atoms with Gasteiger partial charge in [-0.2, -0.15) is 0 Å². The largest absolute Gasteiger partial charge is 0.380 e. The van der Waals surface area contributed by atoms with E-state index in [1.807, 2.05) is 18.2 Å².